The first-order valence-electron chi connectivity index (χ1n) is 10.1. The van der Waals surface area contributed by atoms with Gasteiger partial charge in [-0.3, -0.25) is 14.2 Å². The van der Waals surface area contributed by atoms with Crippen molar-refractivity contribution in [2.75, 3.05) is 5.73 Å². The van der Waals surface area contributed by atoms with E-state index in [1.54, 1.807) is 18.5 Å². The molecule has 8 heteroatoms. The van der Waals surface area contributed by atoms with Gasteiger partial charge in [0.05, 0.1) is 0 Å². The molecule has 32 heavy (non-hydrogen) atoms. The summed E-state index contributed by atoms with van der Waals surface area (Å²) in [4.78, 5) is 27.6. The van der Waals surface area contributed by atoms with Crippen molar-refractivity contribution in [2.24, 2.45) is 5.73 Å². The van der Waals surface area contributed by atoms with Crippen molar-refractivity contribution < 1.29 is 4.79 Å². The van der Waals surface area contributed by atoms with E-state index in [9.17, 15) is 9.59 Å². The van der Waals surface area contributed by atoms with Crippen LogP contribution in [0.15, 0.2) is 83.9 Å². The largest absolute Gasteiger partial charge is 0.381 e. The number of pyridine rings is 1. The first-order valence-corrected chi connectivity index (χ1v) is 10.1. The summed E-state index contributed by atoms with van der Waals surface area (Å²) in [5, 5.41) is 5.64. The van der Waals surface area contributed by atoms with E-state index in [0.717, 1.165) is 28.6 Å². The highest BCUT2D eigenvalue weighted by atomic mass is 16.1. The van der Waals surface area contributed by atoms with Crippen molar-refractivity contribution in [2.45, 2.75) is 13.3 Å². The van der Waals surface area contributed by atoms with Crippen LogP contribution in [0, 0.1) is 0 Å². The molecule has 4 N–H and O–H groups in total. The summed E-state index contributed by atoms with van der Waals surface area (Å²) in [6.07, 6.45) is 4.02. The van der Waals surface area contributed by atoms with Gasteiger partial charge in [-0.05, 0) is 42.1 Å². The number of fused-ring (bicyclic) bond motifs is 2. The van der Waals surface area contributed by atoms with E-state index < -0.39 is 5.91 Å². The minimum absolute atomic E-state index is 0.0566. The van der Waals surface area contributed by atoms with E-state index in [-0.39, 0.29) is 16.9 Å². The fourth-order valence-corrected chi connectivity index (χ4v) is 3.57. The molecular weight excluding hydrogens is 404 g/mol. The second-order valence-electron chi connectivity index (χ2n) is 7.06. The highest BCUT2D eigenvalue weighted by molar-refractivity contribution is 6.03. The van der Waals surface area contributed by atoms with Crippen LogP contribution in [-0.2, 0) is 6.42 Å². The van der Waals surface area contributed by atoms with Crippen molar-refractivity contribution in [3.8, 4) is 5.69 Å². The maximum absolute atomic E-state index is 12.7. The number of hydrogen-bond acceptors (Lipinski definition) is 5. The molecule has 3 aromatic heterocycles. The van der Waals surface area contributed by atoms with Gasteiger partial charge in [-0.1, -0.05) is 43.3 Å². The number of anilines is 1. The van der Waals surface area contributed by atoms with Gasteiger partial charge in [0.25, 0.3) is 11.5 Å². The smallest absolute Gasteiger partial charge is 0.263 e. The Morgan fingerprint density at radius 3 is 2.47 bits per heavy atom. The monoisotopic (exact) mass is 426 g/mol. The number of rotatable bonds is 3. The van der Waals surface area contributed by atoms with Crippen LogP contribution in [0.2, 0.25) is 0 Å². The molecule has 0 atom stereocenters. The Labute approximate surface area is 183 Å². The van der Waals surface area contributed by atoms with Crippen LogP contribution in [0.1, 0.15) is 23.0 Å². The number of benzene rings is 2. The average Bonchev–Trinajstić information content (AvgIpc) is 3.16. The minimum atomic E-state index is -0.619. The van der Waals surface area contributed by atoms with Gasteiger partial charge in [-0.25, -0.2) is 9.50 Å². The number of nitrogen functional groups attached to an aromatic ring is 1. The van der Waals surface area contributed by atoms with E-state index >= 15 is 0 Å². The summed E-state index contributed by atoms with van der Waals surface area (Å²) in [5.74, 6) is -0.516. The van der Waals surface area contributed by atoms with Crippen LogP contribution >= 0.6 is 0 Å². The van der Waals surface area contributed by atoms with E-state index in [0.29, 0.717) is 5.65 Å². The molecule has 0 bridgehead atoms. The van der Waals surface area contributed by atoms with Crippen LogP contribution in [0.25, 0.3) is 22.1 Å². The molecule has 0 aliphatic rings. The summed E-state index contributed by atoms with van der Waals surface area (Å²) >= 11 is 0. The average molecular weight is 426 g/mol. The maximum atomic E-state index is 12.7. The SMILES string of the molecule is CCc1cc2ccccc2c(=O)n1-c1ccccc1.NC(=O)c1c(N)nn2cccnc12. The summed E-state index contributed by atoms with van der Waals surface area (Å²) < 4.78 is 3.22. The topological polar surface area (TPSA) is 121 Å². The first kappa shape index (κ1) is 20.8. The zero-order valence-electron chi connectivity index (χ0n) is 17.5. The van der Waals surface area contributed by atoms with Crippen molar-refractivity contribution >= 4 is 28.1 Å². The number of nitrogens with two attached hydrogens (primary N) is 2. The molecule has 8 nitrogen and oxygen atoms in total. The summed E-state index contributed by atoms with van der Waals surface area (Å²) in [5.41, 5.74) is 13.2. The van der Waals surface area contributed by atoms with E-state index in [1.165, 1.54) is 4.52 Å². The minimum Gasteiger partial charge on any atom is -0.381 e. The molecular formula is C24H22N6O2. The number of aromatic nitrogens is 4. The van der Waals surface area contributed by atoms with Crippen LogP contribution in [0.3, 0.4) is 0 Å². The fourth-order valence-electron chi connectivity index (χ4n) is 3.57. The highest BCUT2D eigenvalue weighted by Crippen LogP contribution is 2.16. The van der Waals surface area contributed by atoms with Crippen LogP contribution in [-0.4, -0.2) is 25.1 Å². The molecule has 3 heterocycles. The van der Waals surface area contributed by atoms with Crippen LogP contribution in [0.5, 0.6) is 0 Å². The first-order chi connectivity index (χ1) is 15.5. The Hall–Kier alpha value is -4.46. The predicted molar refractivity (Wildman–Crippen MR) is 125 cm³/mol. The van der Waals surface area contributed by atoms with E-state index in [1.807, 2.05) is 59.2 Å². The molecule has 0 saturated heterocycles. The number of aryl methyl sites for hydroxylation is 1. The second-order valence-corrected chi connectivity index (χ2v) is 7.06. The van der Waals surface area contributed by atoms with Gasteiger partial charge < -0.3 is 11.5 Å². The Balaban J connectivity index is 0.000000165. The lowest BCUT2D eigenvalue weighted by Gasteiger charge is -2.13. The molecule has 0 fully saturated rings. The van der Waals surface area contributed by atoms with Gasteiger partial charge in [0, 0.05) is 29.2 Å². The third-order valence-electron chi connectivity index (χ3n) is 5.05. The molecule has 0 radical (unpaired) electrons. The molecule has 0 aliphatic heterocycles. The number of carbonyl (C=O) groups excluding carboxylic acids is 1. The predicted octanol–water partition coefficient (Wildman–Crippen LogP) is 2.96. The van der Waals surface area contributed by atoms with Crippen LogP contribution < -0.4 is 17.0 Å². The molecule has 5 aromatic rings. The van der Waals surface area contributed by atoms with Crippen molar-refractivity contribution in [3.63, 3.8) is 0 Å². The van der Waals surface area contributed by atoms with Gasteiger partial charge in [-0.2, -0.15) is 0 Å². The standard InChI is InChI=1S/C17H15NO.C7H7N5O/c1-2-14-12-13-8-6-7-11-16(13)17(19)18(14)15-9-4-3-5-10-15;8-5-4(6(9)13)7-10-2-1-3-12(7)11-5/h3-12H,2H2,1H3;1-3H,(H2,8,11)(H2,9,13). The fraction of sp³-hybridized carbons (Fsp3) is 0.0833. The maximum Gasteiger partial charge on any atom is 0.263 e. The van der Waals surface area contributed by atoms with Gasteiger partial charge in [0.15, 0.2) is 11.5 Å². The Kier molecular flexibility index (Phi) is 5.67. The number of carbonyl (C=O) groups is 1. The lowest BCUT2D eigenvalue weighted by molar-refractivity contribution is 0.100. The molecule has 0 spiro atoms. The number of primary amides is 1. The Bertz CT molecular complexity index is 1470. The summed E-state index contributed by atoms with van der Waals surface area (Å²) in [7, 11) is 0. The number of para-hydroxylation sites is 1. The molecule has 5 rings (SSSR count). The van der Waals surface area contributed by atoms with Gasteiger partial charge in [-0.15, -0.1) is 5.10 Å². The second kappa shape index (κ2) is 8.73. The molecule has 0 unspecified atom stereocenters. The molecule has 0 aliphatic carbocycles. The van der Waals surface area contributed by atoms with Gasteiger partial charge >= 0.3 is 0 Å². The third-order valence-corrected chi connectivity index (χ3v) is 5.05. The van der Waals surface area contributed by atoms with Gasteiger partial charge in [0.2, 0.25) is 0 Å². The zero-order chi connectivity index (χ0) is 22.7. The van der Waals surface area contributed by atoms with Crippen molar-refractivity contribution in [1.29, 1.82) is 0 Å². The zero-order valence-corrected chi connectivity index (χ0v) is 17.5. The molecule has 0 saturated carbocycles. The van der Waals surface area contributed by atoms with Crippen LogP contribution in [0.4, 0.5) is 5.82 Å². The number of hydrogen-bond donors (Lipinski definition) is 2. The van der Waals surface area contributed by atoms with E-state index in [4.69, 9.17) is 11.5 Å². The van der Waals surface area contributed by atoms with Gasteiger partial charge in [0.1, 0.15) is 5.56 Å². The highest BCUT2D eigenvalue weighted by Gasteiger charge is 2.15. The quantitative estimate of drug-likeness (QED) is 0.459. The normalized spacial score (nSPS) is 10.7. The Morgan fingerprint density at radius 1 is 1.03 bits per heavy atom. The number of amides is 1. The lowest BCUT2D eigenvalue weighted by Crippen LogP contribution is -2.21. The third kappa shape index (κ3) is 3.81. The summed E-state index contributed by atoms with van der Waals surface area (Å²) in [6, 6.07) is 21.3. The Morgan fingerprint density at radius 2 is 1.75 bits per heavy atom. The summed E-state index contributed by atoms with van der Waals surface area (Å²) in [6.45, 7) is 2.07. The molecule has 1 amide bonds. The van der Waals surface area contributed by atoms with Crippen molar-refractivity contribution in [1.82, 2.24) is 19.2 Å². The van der Waals surface area contributed by atoms with E-state index in [2.05, 4.69) is 23.1 Å². The molecule has 2 aromatic carbocycles. The number of nitrogens with zero attached hydrogens (tertiary/aromatic N) is 4. The van der Waals surface area contributed by atoms with Crippen molar-refractivity contribution in [3.05, 3.63) is 101 Å². The lowest BCUT2D eigenvalue weighted by atomic mass is 10.1. The molecule has 160 valence electrons.